The van der Waals surface area contributed by atoms with Crippen molar-refractivity contribution in [2.45, 2.75) is 11.8 Å². The van der Waals surface area contributed by atoms with E-state index in [-0.39, 0.29) is 10.8 Å². The van der Waals surface area contributed by atoms with E-state index in [1.807, 2.05) is 0 Å². The van der Waals surface area contributed by atoms with E-state index in [1.54, 1.807) is 19.2 Å². The quantitative estimate of drug-likeness (QED) is 0.764. The van der Waals surface area contributed by atoms with Crippen molar-refractivity contribution < 1.29 is 13.2 Å². The lowest BCUT2D eigenvalue weighted by Crippen LogP contribution is -2.15. The number of carbonyl (C=O) groups is 1. The van der Waals surface area contributed by atoms with Crippen LogP contribution in [0.15, 0.2) is 35.5 Å². The Kier molecular flexibility index (Phi) is 4.38. The highest BCUT2D eigenvalue weighted by atomic mass is 32.2. The third-order valence-electron chi connectivity index (χ3n) is 2.79. The lowest BCUT2D eigenvalue weighted by Gasteiger charge is -2.11. The Labute approximate surface area is 127 Å². The second kappa shape index (κ2) is 6.08. The minimum Gasteiger partial charge on any atom is -0.357 e. The molecule has 1 aromatic carbocycles. The Hall–Kier alpha value is -2.52. The lowest BCUT2D eigenvalue weighted by molar-refractivity contribution is -0.114. The summed E-state index contributed by atoms with van der Waals surface area (Å²) in [4.78, 5) is 19.0. The fraction of sp³-hybridized carbons (Fsp3) is 0.154. The topological polar surface area (TPSA) is 127 Å². The molecule has 2 rings (SSSR count). The first kappa shape index (κ1) is 15.9. The zero-order valence-electron chi connectivity index (χ0n) is 12.0. The number of rotatable bonds is 4. The van der Waals surface area contributed by atoms with E-state index in [0.717, 1.165) is 0 Å². The number of primary sulfonamides is 1. The molecule has 9 heteroatoms. The van der Waals surface area contributed by atoms with Crippen molar-refractivity contribution >= 4 is 27.6 Å². The van der Waals surface area contributed by atoms with Crippen molar-refractivity contribution in [2.75, 3.05) is 17.7 Å². The number of sulfonamides is 1. The summed E-state index contributed by atoms with van der Waals surface area (Å²) in [6.45, 7) is 1.33. The monoisotopic (exact) mass is 321 g/mol. The van der Waals surface area contributed by atoms with Crippen LogP contribution in [0.25, 0.3) is 11.1 Å². The van der Waals surface area contributed by atoms with Crippen molar-refractivity contribution in [3.8, 4) is 11.1 Å². The smallest absolute Gasteiger partial charge is 0.238 e. The maximum absolute atomic E-state index is 11.8. The number of nitrogens with zero attached hydrogens (tertiary/aromatic N) is 2. The Bertz CT molecular complexity index is 803. The summed E-state index contributed by atoms with van der Waals surface area (Å²) in [5.41, 5.74) is 1.20. The highest BCUT2D eigenvalue weighted by Gasteiger charge is 2.17. The van der Waals surface area contributed by atoms with Gasteiger partial charge in [-0.25, -0.2) is 23.5 Å². The molecular weight excluding hydrogens is 306 g/mol. The number of aromatic nitrogens is 2. The Morgan fingerprint density at radius 3 is 2.36 bits per heavy atom. The zero-order valence-corrected chi connectivity index (χ0v) is 12.8. The number of carbonyl (C=O) groups excluding carboxylic acids is 1. The number of hydrogen-bond donors (Lipinski definition) is 3. The largest absolute Gasteiger partial charge is 0.357 e. The van der Waals surface area contributed by atoms with E-state index in [1.165, 1.54) is 25.4 Å². The molecule has 2 aromatic rings. The molecule has 22 heavy (non-hydrogen) atoms. The molecule has 0 saturated heterocycles. The fourth-order valence-corrected chi connectivity index (χ4v) is 2.66. The molecule has 0 radical (unpaired) electrons. The minimum atomic E-state index is -3.98. The highest BCUT2D eigenvalue weighted by Crippen LogP contribution is 2.28. The van der Waals surface area contributed by atoms with Crippen LogP contribution in [-0.4, -0.2) is 31.3 Å². The maximum Gasteiger partial charge on any atom is 0.238 e. The summed E-state index contributed by atoms with van der Waals surface area (Å²) in [6.07, 6.45) is 2.97. The van der Waals surface area contributed by atoms with Crippen LogP contribution in [0, 0.1) is 0 Å². The fourth-order valence-electron chi connectivity index (χ4n) is 1.87. The molecule has 0 fully saturated rings. The van der Waals surface area contributed by atoms with Gasteiger partial charge < -0.3 is 10.6 Å². The summed E-state index contributed by atoms with van der Waals surface area (Å²) in [5.74, 6) is 0.102. The Morgan fingerprint density at radius 2 is 1.86 bits per heavy atom. The predicted molar refractivity (Wildman–Crippen MR) is 82.7 cm³/mol. The number of nitrogens with two attached hydrogens (primary N) is 1. The molecule has 0 bridgehead atoms. The third-order valence-corrected chi connectivity index (χ3v) is 3.75. The van der Waals surface area contributed by atoms with Gasteiger partial charge in [0.2, 0.25) is 21.9 Å². The molecule has 1 aromatic heterocycles. The van der Waals surface area contributed by atoms with Gasteiger partial charge in [0.15, 0.2) is 0 Å². The van der Waals surface area contributed by atoms with Gasteiger partial charge in [0.1, 0.15) is 0 Å². The van der Waals surface area contributed by atoms with E-state index in [9.17, 15) is 13.2 Å². The second-order valence-corrected chi connectivity index (χ2v) is 6.01. The van der Waals surface area contributed by atoms with Crippen molar-refractivity contribution in [1.29, 1.82) is 0 Å². The summed E-state index contributed by atoms with van der Waals surface area (Å²) >= 11 is 0. The first-order valence-electron chi connectivity index (χ1n) is 6.26. The number of nitrogens with one attached hydrogen (secondary N) is 2. The molecule has 1 heterocycles. The number of benzene rings is 1. The van der Waals surface area contributed by atoms with Crippen LogP contribution < -0.4 is 15.8 Å². The lowest BCUT2D eigenvalue weighted by atomic mass is 10.1. The molecule has 0 aliphatic carbocycles. The van der Waals surface area contributed by atoms with Crippen LogP contribution in [0.5, 0.6) is 0 Å². The average molecular weight is 321 g/mol. The molecule has 0 atom stereocenters. The van der Waals surface area contributed by atoms with E-state index < -0.39 is 10.0 Å². The third kappa shape index (κ3) is 3.57. The van der Waals surface area contributed by atoms with Crippen LogP contribution in [0.2, 0.25) is 0 Å². The Morgan fingerprint density at radius 1 is 1.23 bits per heavy atom. The van der Waals surface area contributed by atoms with E-state index >= 15 is 0 Å². The minimum absolute atomic E-state index is 0.112. The first-order chi connectivity index (χ1) is 10.3. The van der Waals surface area contributed by atoms with Crippen molar-refractivity contribution in [1.82, 2.24) is 9.97 Å². The molecule has 8 nitrogen and oxygen atoms in total. The van der Waals surface area contributed by atoms with Gasteiger partial charge in [0.05, 0.1) is 4.90 Å². The maximum atomic E-state index is 11.8. The van der Waals surface area contributed by atoms with Crippen molar-refractivity contribution in [3.05, 3.63) is 30.6 Å². The summed E-state index contributed by atoms with van der Waals surface area (Å²) < 4.78 is 23.6. The van der Waals surface area contributed by atoms with Gasteiger partial charge in [-0.3, -0.25) is 4.79 Å². The normalized spacial score (nSPS) is 11.0. The average Bonchev–Trinajstić information content (AvgIpc) is 2.46. The van der Waals surface area contributed by atoms with Gasteiger partial charge in [-0.2, -0.15) is 0 Å². The molecule has 0 saturated carbocycles. The van der Waals surface area contributed by atoms with Crippen molar-refractivity contribution in [2.24, 2.45) is 5.14 Å². The van der Waals surface area contributed by atoms with Gasteiger partial charge >= 0.3 is 0 Å². The molecular formula is C13H15N5O3S. The zero-order chi connectivity index (χ0) is 16.3. The van der Waals surface area contributed by atoms with Crippen LogP contribution in [0.4, 0.5) is 11.6 Å². The van der Waals surface area contributed by atoms with Crippen LogP contribution in [0.1, 0.15) is 6.92 Å². The van der Waals surface area contributed by atoms with Crippen LogP contribution in [-0.2, 0) is 14.8 Å². The Balaban J connectivity index is 2.56. The van der Waals surface area contributed by atoms with Gasteiger partial charge in [-0.05, 0) is 12.1 Å². The van der Waals surface area contributed by atoms with Gasteiger partial charge in [0, 0.05) is 43.2 Å². The number of anilines is 2. The SMILES string of the molecule is CNc1ncc(-c2ccc(NC(C)=O)cc2S(N)(=O)=O)cn1. The van der Waals surface area contributed by atoms with Crippen molar-refractivity contribution in [3.63, 3.8) is 0 Å². The summed E-state index contributed by atoms with van der Waals surface area (Å²) in [5, 5.41) is 10.5. The molecule has 116 valence electrons. The number of amides is 1. The van der Waals surface area contributed by atoms with E-state index in [4.69, 9.17) is 5.14 Å². The van der Waals surface area contributed by atoms with E-state index in [0.29, 0.717) is 22.8 Å². The standard InChI is InChI=1S/C13H15N5O3S/c1-8(19)18-10-3-4-11(12(5-10)22(14,20)21)9-6-16-13(15-2)17-7-9/h3-7H,1-2H3,(H,18,19)(H2,14,20,21)(H,15,16,17). The van der Waals surface area contributed by atoms with E-state index in [2.05, 4.69) is 20.6 Å². The predicted octanol–water partition coefficient (Wildman–Crippen LogP) is 0.791. The van der Waals surface area contributed by atoms with Gasteiger partial charge in [-0.1, -0.05) is 6.07 Å². The molecule has 0 unspecified atom stereocenters. The molecule has 4 N–H and O–H groups in total. The van der Waals surface area contributed by atoms with Gasteiger partial charge in [-0.15, -0.1) is 0 Å². The molecule has 1 amide bonds. The second-order valence-electron chi connectivity index (χ2n) is 4.48. The summed E-state index contributed by atoms with van der Waals surface area (Å²) in [7, 11) is -2.30. The first-order valence-corrected chi connectivity index (χ1v) is 7.80. The molecule has 0 aliphatic rings. The summed E-state index contributed by atoms with van der Waals surface area (Å²) in [6, 6.07) is 4.43. The number of hydrogen-bond acceptors (Lipinski definition) is 6. The van der Waals surface area contributed by atoms with Gasteiger partial charge in [0.25, 0.3) is 0 Å². The van der Waals surface area contributed by atoms with Crippen LogP contribution in [0.3, 0.4) is 0 Å². The molecule has 0 spiro atoms. The highest BCUT2D eigenvalue weighted by molar-refractivity contribution is 7.89. The van der Waals surface area contributed by atoms with Crippen LogP contribution >= 0.6 is 0 Å². The molecule has 0 aliphatic heterocycles.